The molecule has 0 aliphatic rings. The summed E-state index contributed by atoms with van der Waals surface area (Å²) in [5, 5.41) is 0.640. The summed E-state index contributed by atoms with van der Waals surface area (Å²) < 4.78 is 13.9. The molecule has 0 spiro atoms. The molecule has 0 heterocycles. The fourth-order valence-corrected chi connectivity index (χ4v) is 2.01. The van der Waals surface area contributed by atoms with Crippen molar-refractivity contribution in [3.63, 3.8) is 0 Å². The van der Waals surface area contributed by atoms with Crippen molar-refractivity contribution in [1.82, 2.24) is 0 Å². The van der Waals surface area contributed by atoms with Crippen molar-refractivity contribution in [1.29, 1.82) is 0 Å². The van der Waals surface area contributed by atoms with Crippen molar-refractivity contribution >= 4 is 29.0 Å². The standard InChI is InChI=1S/C14H9Cl2FO/c1-8-3-2-4-10(13(8)17)14(18)11-7-9(15)5-6-12(11)16/h2-7H,1H3. The number of hydrogen-bond donors (Lipinski definition) is 0. The van der Waals surface area contributed by atoms with Gasteiger partial charge < -0.3 is 0 Å². The quantitative estimate of drug-likeness (QED) is 0.732. The third kappa shape index (κ3) is 2.40. The number of ketones is 1. The highest BCUT2D eigenvalue weighted by Crippen LogP contribution is 2.25. The average molecular weight is 283 g/mol. The van der Waals surface area contributed by atoms with Crippen molar-refractivity contribution in [3.05, 3.63) is 69.0 Å². The minimum absolute atomic E-state index is 0.000772. The summed E-state index contributed by atoms with van der Waals surface area (Å²) >= 11 is 11.7. The van der Waals surface area contributed by atoms with E-state index in [1.54, 1.807) is 25.1 Å². The van der Waals surface area contributed by atoms with Crippen LogP contribution in [0.25, 0.3) is 0 Å². The maximum absolute atomic E-state index is 13.9. The van der Waals surface area contributed by atoms with E-state index in [0.717, 1.165) is 0 Å². The van der Waals surface area contributed by atoms with Crippen LogP contribution in [-0.4, -0.2) is 5.78 Å². The molecular weight excluding hydrogens is 274 g/mol. The average Bonchev–Trinajstić information content (AvgIpc) is 2.35. The van der Waals surface area contributed by atoms with Gasteiger partial charge in [0, 0.05) is 10.6 Å². The lowest BCUT2D eigenvalue weighted by Gasteiger charge is -2.06. The molecule has 18 heavy (non-hydrogen) atoms. The summed E-state index contributed by atoms with van der Waals surface area (Å²) in [6, 6.07) is 9.20. The first kappa shape index (κ1) is 13.1. The van der Waals surface area contributed by atoms with Crippen LogP contribution < -0.4 is 0 Å². The van der Waals surface area contributed by atoms with Gasteiger partial charge in [-0.15, -0.1) is 0 Å². The third-order valence-electron chi connectivity index (χ3n) is 2.61. The van der Waals surface area contributed by atoms with Crippen molar-refractivity contribution in [2.24, 2.45) is 0 Å². The van der Waals surface area contributed by atoms with Gasteiger partial charge in [0.05, 0.1) is 10.6 Å². The minimum atomic E-state index is -0.529. The minimum Gasteiger partial charge on any atom is -0.288 e. The normalized spacial score (nSPS) is 10.4. The smallest absolute Gasteiger partial charge is 0.197 e. The Balaban J connectivity index is 2.55. The molecule has 1 nitrogen and oxygen atoms in total. The maximum atomic E-state index is 13.9. The molecule has 92 valence electrons. The van der Waals surface area contributed by atoms with Crippen molar-refractivity contribution in [2.45, 2.75) is 6.92 Å². The molecule has 0 unspecified atom stereocenters. The predicted octanol–water partition coefficient (Wildman–Crippen LogP) is 4.67. The zero-order valence-corrected chi connectivity index (χ0v) is 11.0. The van der Waals surface area contributed by atoms with E-state index in [1.165, 1.54) is 18.2 Å². The van der Waals surface area contributed by atoms with Crippen LogP contribution >= 0.6 is 23.2 Å². The molecule has 0 saturated heterocycles. The van der Waals surface area contributed by atoms with Gasteiger partial charge in [-0.05, 0) is 36.8 Å². The number of aryl methyl sites for hydroxylation is 1. The Kier molecular flexibility index (Phi) is 3.69. The molecule has 4 heteroatoms. The number of hydrogen-bond acceptors (Lipinski definition) is 1. The molecule has 0 aromatic heterocycles. The first-order valence-electron chi connectivity index (χ1n) is 5.25. The Morgan fingerprint density at radius 1 is 1.11 bits per heavy atom. The van der Waals surface area contributed by atoms with E-state index in [9.17, 15) is 9.18 Å². The highest BCUT2D eigenvalue weighted by molar-refractivity contribution is 6.36. The number of carbonyl (C=O) groups excluding carboxylic acids is 1. The van der Waals surface area contributed by atoms with E-state index >= 15 is 0 Å². The zero-order chi connectivity index (χ0) is 13.3. The van der Waals surface area contributed by atoms with E-state index in [4.69, 9.17) is 23.2 Å². The topological polar surface area (TPSA) is 17.1 Å². The second-order valence-electron chi connectivity index (χ2n) is 3.89. The van der Waals surface area contributed by atoms with Crippen LogP contribution in [0.15, 0.2) is 36.4 Å². The number of rotatable bonds is 2. The van der Waals surface area contributed by atoms with Crippen LogP contribution in [0.2, 0.25) is 10.0 Å². The number of halogens is 3. The van der Waals surface area contributed by atoms with Crippen LogP contribution in [0.4, 0.5) is 4.39 Å². The van der Waals surface area contributed by atoms with E-state index in [1.807, 2.05) is 0 Å². The van der Waals surface area contributed by atoms with Gasteiger partial charge in [0.15, 0.2) is 5.78 Å². The highest BCUT2D eigenvalue weighted by atomic mass is 35.5. The zero-order valence-electron chi connectivity index (χ0n) is 9.51. The third-order valence-corrected chi connectivity index (χ3v) is 3.17. The SMILES string of the molecule is Cc1cccc(C(=O)c2cc(Cl)ccc2Cl)c1F. The molecule has 0 fully saturated rings. The van der Waals surface area contributed by atoms with Crippen LogP contribution in [0.3, 0.4) is 0 Å². The second-order valence-corrected chi connectivity index (χ2v) is 4.73. The van der Waals surface area contributed by atoms with Gasteiger partial charge in [0.25, 0.3) is 0 Å². The van der Waals surface area contributed by atoms with Gasteiger partial charge in [0.1, 0.15) is 5.82 Å². The maximum Gasteiger partial charge on any atom is 0.197 e. The van der Waals surface area contributed by atoms with Crippen molar-refractivity contribution in [3.8, 4) is 0 Å². The van der Waals surface area contributed by atoms with Crippen LogP contribution in [0.5, 0.6) is 0 Å². The lowest BCUT2D eigenvalue weighted by Crippen LogP contribution is -2.06. The van der Waals surface area contributed by atoms with Crippen LogP contribution in [0.1, 0.15) is 21.5 Å². The molecular formula is C14H9Cl2FO. The molecule has 0 bridgehead atoms. The Bertz CT molecular complexity index is 619. The molecule has 0 aliphatic carbocycles. The molecule has 0 saturated carbocycles. The largest absolute Gasteiger partial charge is 0.288 e. The van der Waals surface area contributed by atoms with Gasteiger partial charge >= 0.3 is 0 Å². The van der Waals surface area contributed by atoms with Gasteiger partial charge in [-0.25, -0.2) is 4.39 Å². The molecule has 0 N–H and O–H groups in total. The molecule has 0 amide bonds. The van der Waals surface area contributed by atoms with Crippen LogP contribution in [-0.2, 0) is 0 Å². The first-order valence-corrected chi connectivity index (χ1v) is 6.01. The van der Waals surface area contributed by atoms with E-state index in [2.05, 4.69) is 0 Å². The molecule has 2 aromatic carbocycles. The molecule has 0 atom stereocenters. The lowest BCUT2D eigenvalue weighted by atomic mass is 10.0. The van der Waals surface area contributed by atoms with Gasteiger partial charge in [-0.3, -0.25) is 4.79 Å². The molecule has 0 radical (unpaired) electrons. The molecule has 2 aromatic rings. The second kappa shape index (κ2) is 5.09. The van der Waals surface area contributed by atoms with Crippen molar-refractivity contribution in [2.75, 3.05) is 0 Å². The summed E-state index contributed by atoms with van der Waals surface area (Å²) in [6.45, 7) is 1.60. The Hall–Kier alpha value is -1.38. The Morgan fingerprint density at radius 2 is 1.83 bits per heavy atom. The Morgan fingerprint density at radius 3 is 2.56 bits per heavy atom. The van der Waals surface area contributed by atoms with E-state index in [0.29, 0.717) is 10.6 Å². The first-order chi connectivity index (χ1) is 8.50. The van der Waals surface area contributed by atoms with Gasteiger partial charge in [-0.2, -0.15) is 0 Å². The summed E-state index contributed by atoms with van der Waals surface area (Å²) in [5.41, 5.74) is 0.617. The predicted molar refractivity (Wildman–Crippen MR) is 71.0 cm³/mol. The molecule has 0 aliphatic heterocycles. The van der Waals surface area contributed by atoms with Gasteiger partial charge in [0.2, 0.25) is 0 Å². The summed E-state index contributed by atoms with van der Waals surface area (Å²) in [7, 11) is 0. The monoisotopic (exact) mass is 282 g/mol. The van der Waals surface area contributed by atoms with E-state index < -0.39 is 11.6 Å². The molecule has 2 rings (SSSR count). The van der Waals surface area contributed by atoms with Crippen LogP contribution in [0, 0.1) is 12.7 Å². The number of benzene rings is 2. The fourth-order valence-electron chi connectivity index (χ4n) is 1.64. The summed E-state index contributed by atoms with van der Waals surface area (Å²) in [4.78, 5) is 12.2. The lowest BCUT2D eigenvalue weighted by molar-refractivity contribution is 0.103. The summed E-state index contributed by atoms with van der Waals surface area (Å²) in [6.07, 6.45) is 0. The number of carbonyl (C=O) groups is 1. The van der Waals surface area contributed by atoms with E-state index in [-0.39, 0.29) is 16.1 Å². The summed E-state index contributed by atoms with van der Waals surface area (Å²) in [5.74, 6) is -0.998. The highest BCUT2D eigenvalue weighted by Gasteiger charge is 2.18. The Labute approximate surface area is 114 Å². The van der Waals surface area contributed by atoms with Gasteiger partial charge in [-0.1, -0.05) is 35.3 Å². The fraction of sp³-hybridized carbons (Fsp3) is 0.0714. The van der Waals surface area contributed by atoms with Crippen molar-refractivity contribution < 1.29 is 9.18 Å².